The Kier molecular flexibility index (Phi) is 2.93. The van der Waals surface area contributed by atoms with Crippen LogP contribution in [0.2, 0.25) is 0 Å². The monoisotopic (exact) mass is 228 g/mol. The summed E-state index contributed by atoms with van der Waals surface area (Å²) in [6.07, 6.45) is 0. The van der Waals surface area contributed by atoms with E-state index in [9.17, 15) is 4.39 Å². The number of nitrogen functional groups attached to an aromatic ring is 1. The van der Waals surface area contributed by atoms with Gasteiger partial charge < -0.3 is 10.5 Å². The molecule has 0 radical (unpaired) electrons. The second kappa shape index (κ2) is 4.54. The van der Waals surface area contributed by atoms with Crippen LogP contribution in [0.3, 0.4) is 0 Å². The van der Waals surface area contributed by atoms with Gasteiger partial charge in [0.2, 0.25) is 0 Å². The van der Waals surface area contributed by atoms with Crippen LogP contribution in [0, 0.1) is 17.1 Å². The first-order chi connectivity index (χ1) is 8.19. The molecule has 0 aliphatic heterocycles. The summed E-state index contributed by atoms with van der Waals surface area (Å²) in [5.74, 6) is 0.521. The standard InChI is InChI=1S/C13H9FN2O/c14-10-3-6-13(12(16)7-10)17-11-4-1-9(8-15)2-5-11/h1-7H,16H2. The van der Waals surface area contributed by atoms with Gasteiger partial charge >= 0.3 is 0 Å². The number of benzene rings is 2. The fourth-order valence-electron chi connectivity index (χ4n) is 1.34. The summed E-state index contributed by atoms with van der Waals surface area (Å²) in [4.78, 5) is 0. The van der Waals surface area contributed by atoms with E-state index in [2.05, 4.69) is 0 Å². The van der Waals surface area contributed by atoms with Gasteiger partial charge in [0.1, 0.15) is 11.6 Å². The molecule has 0 bridgehead atoms. The molecule has 0 saturated carbocycles. The van der Waals surface area contributed by atoms with Crippen LogP contribution in [-0.4, -0.2) is 0 Å². The van der Waals surface area contributed by atoms with Crippen molar-refractivity contribution in [2.45, 2.75) is 0 Å². The van der Waals surface area contributed by atoms with Gasteiger partial charge in [0.15, 0.2) is 5.75 Å². The maximum atomic E-state index is 12.8. The maximum Gasteiger partial charge on any atom is 0.150 e. The van der Waals surface area contributed by atoms with Crippen molar-refractivity contribution >= 4 is 5.69 Å². The predicted molar refractivity (Wildman–Crippen MR) is 62.0 cm³/mol. The number of rotatable bonds is 2. The largest absolute Gasteiger partial charge is 0.455 e. The van der Waals surface area contributed by atoms with Crippen LogP contribution >= 0.6 is 0 Å². The molecule has 0 aliphatic carbocycles. The minimum atomic E-state index is -0.408. The molecule has 0 aromatic heterocycles. The van der Waals surface area contributed by atoms with Crippen LogP contribution in [0.4, 0.5) is 10.1 Å². The number of nitrogens with zero attached hydrogens (tertiary/aromatic N) is 1. The molecule has 0 unspecified atom stereocenters. The Balaban J connectivity index is 2.23. The summed E-state index contributed by atoms with van der Waals surface area (Å²) >= 11 is 0. The van der Waals surface area contributed by atoms with Crippen molar-refractivity contribution in [3.8, 4) is 17.6 Å². The molecular formula is C13H9FN2O. The van der Waals surface area contributed by atoms with Gasteiger partial charge in [-0.15, -0.1) is 0 Å². The van der Waals surface area contributed by atoms with Gasteiger partial charge in [-0.3, -0.25) is 0 Å². The van der Waals surface area contributed by atoms with E-state index in [1.165, 1.54) is 18.2 Å². The smallest absolute Gasteiger partial charge is 0.150 e. The van der Waals surface area contributed by atoms with Gasteiger partial charge in [-0.1, -0.05) is 0 Å². The summed E-state index contributed by atoms with van der Waals surface area (Å²) < 4.78 is 18.3. The number of anilines is 1. The van der Waals surface area contributed by atoms with Crippen LogP contribution in [0.5, 0.6) is 11.5 Å². The molecule has 0 fully saturated rings. The first-order valence-corrected chi connectivity index (χ1v) is 4.92. The Labute approximate surface area is 97.9 Å². The van der Waals surface area contributed by atoms with E-state index < -0.39 is 5.82 Å². The molecule has 0 heterocycles. The fourth-order valence-corrected chi connectivity index (χ4v) is 1.34. The van der Waals surface area contributed by atoms with E-state index in [4.69, 9.17) is 15.7 Å². The van der Waals surface area contributed by atoms with Crippen molar-refractivity contribution in [1.82, 2.24) is 0 Å². The van der Waals surface area contributed by atoms with E-state index in [0.29, 0.717) is 17.1 Å². The van der Waals surface area contributed by atoms with Crippen molar-refractivity contribution < 1.29 is 9.13 Å². The summed E-state index contributed by atoms with van der Waals surface area (Å²) in [6, 6.07) is 12.5. The van der Waals surface area contributed by atoms with Crippen molar-refractivity contribution in [2.75, 3.05) is 5.73 Å². The molecule has 4 heteroatoms. The molecule has 2 N–H and O–H groups in total. The van der Waals surface area contributed by atoms with E-state index in [-0.39, 0.29) is 5.69 Å². The quantitative estimate of drug-likeness (QED) is 0.803. The van der Waals surface area contributed by atoms with Crippen molar-refractivity contribution in [3.63, 3.8) is 0 Å². The Morgan fingerprint density at radius 1 is 1.12 bits per heavy atom. The lowest BCUT2D eigenvalue weighted by molar-refractivity contribution is 0.483. The summed E-state index contributed by atoms with van der Waals surface area (Å²) in [5.41, 5.74) is 6.38. The van der Waals surface area contributed by atoms with Gasteiger partial charge in [0.05, 0.1) is 17.3 Å². The van der Waals surface area contributed by atoms with Crippen LogP contribution in [-0.2, 0) is 0 Å². The number of hydrogen-bond acceptors (Lipinski definition) is 3. The van der Waals surface area contributed by atoms with E-state index in [1.54, 1.807) is 24.3 Å². The van der Waals surface area contributed by atoms with Gasteiger partial charge in [-0.25, -0.2) is 4.39 Å². The fraction of sp³-hybridized carbons (Fsp3) is 0. The Hall–Kier alpha value is -2.54. The molecule has 0 atom stereocenters. The first kappa shape index (κ1) is 11.0. The lowest BCUT2D eigenvalue weighted by Crippen LogP contribution is -1.92. The van der Waals surface area contributed by atoms with Crippen LogP contribution < -0.4 is 10.5 Å². The average Bonchev–Trinajstić information content (AvgIpc) is 2.34. The second-order valence-corrected chi connectivity index (χ2v) is 3.42. The zero-order valence-corrected chi connectivity index (χ0v) is 8.85. The molecule has 0 spiro atoms. The van der Waals surface area contributed by atoms with Crippen LogP contribution in [0.1, 0.15) is 5.56 Å². The lowest BCUT2D eigenvalue weighted by atomic mass is 10.2. The molecular weight excluding hydrogens is 219 g/mol. The summed E-state index contributed by atoms with van der Waals surface area (Å²) in [7, 11) is 0. The zero-order valence-electron chi connectivity index (χ0n) is 8.85. The molecule has 2 rings (SSSR count). The normalized spacial score (nSPS) is 9.65. The molecule has 0 saturated heterocycles. The van der Waals surface area contributed by atoms with Crippen molar-refractivity contribution in [1.29, 1.82) is 5.26 Å². The zero-order chi connectivity index (χ0) is 12.3. The Morgan fingerprint density at radius 2 is 1.82 bits per heavy atom. The van der Waals surface area contributed by atoms with Crippen molar-refractivity contribution in [2.24, 2.45) is 0 Å². The minimum Gasteiger partial charge on any atom is -0.455 e. The third-order valence-electron chi connectivity index (χ3n) is 2.18. The highest BCUT2D eigenvalue weighted by molar-refractivity contribution is 5.54. The van der Waals surface area contributed by atoms with Gasteiger partial charge in [0.25, 0.3) is 0 Å². The van der Waals surface area contributed by atoms with Gasteiger partial charge in [-0.05, 0) is 36.4 Å². The Bertz CT molecular complexity index is 573. The van der Waals surface area contributed by atoms with Gasteiger partial charge in [0, 0.05) is 6.07 Å². The number of nitriles is 1. The average molecular weight is 228 g/mol. The molecule has 2 aromatic carbocycles. The topological polar surface area (TPSA) is 59.0 Å². The number of halogens is 1. The first-order valence-electron chi connectivity index (χ1n) is 4.92. The number of nitrogens with two attached hydrogens (primary N) is 1. The van der Waals surface area contributed by atoms with E-state index in [1.807, 2.05) is 6.07 Å². The molecule has 0 aliphatic rings. The van der Waals surface area contributed by atoms with Crippen LogP contribution in [0.15, 0.2) is 42.5 Å². The van der Waals surface area contributed by atoms with Crippen LogP contribution in [0.25, 0.3) is 0 Å². The third-order valence-corrected chi connectivity index (χ3v) is 2.18. The van der Waals surface area contributed by atoms with Gasteiger partial charge in [-0.2, -0.15) is 5.26 Å². The highest BCUT2D eigenvalue weighted by Crippen LogP contribution is 2.27. The number of ether oxygens (including phenoxy) is 1. The number of hydrogen-bond donors (Lipinski definition) is 1. The van der Waals surface area contributed by atoms with E-state index >= 15 is 0 Å². The SMILES string of the molecule is N#Cc1ccc(Oc2ccc(F)cc2N)cc1. The highest BCUT2D eigenvalue weighted by atomic mass is 19.1. The molecule has 0 amide bonds. The molecule has 17 heavy (non-hydrogen) atoms. The third kappa shape index (κ3) is 2.52. The predicted octanol–water partition coefficient (Wildman–Crippen LogP) is 3.07. The summed E-state index contributed by atoms with van der Waals surface area (Å²) in [5, 5.41) is 8.64. The summed E-state index contributed by atoms with van der Waals surface area (Å²) in [6.45, 7) is 0. The van der Waals surface area contributed by atoms with E-state index in [0.717, 1.165) is 0 Å². The maximum absolute atomic E-state index is 12.8. The molecule has 84 valence electrons. The molecule has 3 nitrogen and oxygen atoms in total. The highest BCUT2D eigenvalue weighted by Gasteiger charge is 2.03. The lowest BCUT2D eigenvalue weighted by Gasteiger charge is -2.08. The minimum absolute atomic E-state index is 0.231. The second-order valence-electron chi connectivity index (χ2n) is 3.42. The molecule has 2 aromatic rings. The van der Waals surface area contributed by atoms with Crippen molar-refractivity contribution in [3.05, 3.63) is 53.8 Å². The Morgan fingerprint density at radius 3 is 2.41 bits per heavy atom.